The van der Waals surface area contributed by atoms with E-state index in [0.717, 1.165) is 6.42 Å². The standard InChI is InChI=1S/C17H20O3/c1-16(2)9-4-5-17(16,3)13-8-6-7(10(9)13)11-12(8)15(19)20-14(11)18/h7-9,11-12H,4-6H2,1-3H3/t7-,8+,9+,11-,12+,17-/m1/s1. The molecule has 5 aliphatic rings. The third-order valence-corrected chi connectivity index (χ3v) is 7.78. The number of hydrogen-bond acceptors (Lipinski definition) is 3. The van der Waals surface area contributed by atoms with E-state index in [0.29, 0.717) is 23.2 Å². The Kier molecular flexibility index (Phi) is 1.67. The minimum absolute atomic E-state index is 0.148. The SMILES string of the molecule is CC1(C)[C@H]2CC[C@]1(C)C1=C2[C@H]2C[C@H]1[C@@H]1C(=O)OC(=O)[C@@H]12. The van der Waals surface area contributed by atoms with Crippen molar-refractivity contribution in [2.24, 2.45) is 40.4 Å². The van der Waals surface area contributed by atoms with Crippen LogP contribution in [-0.2, 0) is 14.3 Å². The molecular weight excluding hydrogens is 252 g/mol. The lowest BCUT2D eigenvalue weighted by Crippen LogP contribution is -2.34. The van der Waals surface area contributed by atoms with Gasteiger partial charge in [0.05, 0.1) is 11.8 Å². The summed E-state index contributed by atoms with van der Waals surface area (Å²) in [6.45, 7) is 7.17. The number of esters is 2. The molecule has 3 heteroatoms. The largest absolute Gasteiger partial charge is 0.393 e. The molecule has 0 amide bonds. The summed E-state index contributed by atoms with van der Waals surface area (Å²) in [5.41, 5.74) is 3.67. The average Bonchev–Trinajstić information content (AvgIpc) is 3.07. The number of carbonyl (C=O) groups excluding carboxylic acids is 2. The summed E-state index contributed by atoms with van der Waals surface area (Å²) in [6.07, 6.45) is 3.53. The molecular formula is C17H20O3. The highest BCUT2D eigenvalue weighted by Gasteiger charge is 2.72. The van der Waals surface area contributed by atoms with E-state index in [9.17, 15) is 9.59 Å². The normalized spacial score (nSPS) is 53.6. The highest BCUT2D eigenvalue weighted by molar-refractivity contribution is 5.98. The van der Waals surface area contributed by atoms with Gasteiger partial charge in [0, 0.05) is 0 Å². The lowest BCUT2D eigenvalue weighted by molar-refractivity contribution is -0.154. The van der Waals surface area contributed by atoms with E-state index in [4.69, 9.17) is 4.74 Å². The van der Waals surface area contributed by atoms with Crippen LogP contribution in [-0.4, -0.2) is 11.9 Å². The molecule has 0 spiro atoms. The van der Waals surface area contributed by atoms with Crippen LogP contribution in [0.1, 0.15) is 40.0 Å². The van der Waals surface area contributed by atoms with Crippen molar-refractivity contribution in [1.29, 1.82) is 0 Å². The van der Waals surface area contributed by atoms with Gasteiger partial charge >= 0.3 is 11.9 Å². The first-order valence-corrected chi connectivity index (χ1v) is 7.88. The number of hydrogen-bond donors (Lipinski definition) is 0. The van der Waals surface area contributed by atoms with Crippen LogP contribution in [0.2, 0.25) is 0 Å². The molecule has 4 aliphatic carbocycles. The summed E-state index contributed by atoms with van der Waals surface area (Å²) in [6, 6.07) is 0. The molecule has 0 aromatic rings. The summed E-state index contributed by atoms with van der Waals surface area (Å²) < 4.78 is 4.95. The van der Waals surface area contributed by atoms with E-state index in [2.05, 4.69) is 20.8 Å². The first-order chi connectivity index (χ1) is 9.38. The second-order valence-corrected chi connectivity index (χ2v) is 8.25. The highest BCUT2D eigenvalue weighted by Crippen LogP contribution is 2.77. The van der Waals surface area contributed by atoms with Crippen molar-refractivity contribution < 1.29 is 14.3 Å². The molecule has 0 N–H and O–H groups in total. The second kappa shape index (κ2) is 2.90. The zero-order chi connectivity index (χ0) is 14.0. The Morgan fingerprint density at radius 3 is 2.40 bits per heavy atom. The molecule has 3 fully saturated rings. The Balaban J connectivity index is 1.71. The summed E-state index contributed by atoms with van der Waals surface area (Å²) in [4.78, 5) is 24.1. The first-order valence-electron chi connectivity index (χ1n) is 7.88. The molecule has 3 nitrogen and oxygen atoms in total. The van der Waals surface area contributed by atoms with Gasteiger partial charge in [-0.05, 0) is 47.8 Å². The molecule has 20 heavy (non-hydrogen) atoms. The summed E-state index contributed by atoms with van der Waals surface area (Å²) in [5.74, 6) is 0.442. The molecule has 1 aliphatic heterocycles. The van der Waals surface area contributed by atoms with Gasteiger partial charge in [0.1, 0.15) is 0 Å². The third kappa shape index (κ3) is 0.872. The van der Waals surface area contributed by atoms with E-state index in [-0.39, 0.29) is 29.2 Å². The molecule has 0 unspecified atom stereocenters. The highest BCUT2D eigenvalue weighted by atomic mass is 16.6. The number of cyclic esters (lactones) is 2. The number of rotatable bonds is 0. The van der Waals surface area contributed by atoms with Crippen molar-refractivity contribution in [3.8, 4) is 0 Å². The maximum absolute atomic E-state index is 12.1. The van der Waals surface area contributed by atoms with Crippen molar-refractivity contribution in [3.05, 3.63) is 11.1 Å². The lowest BCUT2D eigenvalue weighted by Gasteiger charge is -2.40. The smallest absolute Gasteiger partial charge is 0.318 e. The van der Waals surface area contributed by atoms with Crippen molar-refractivity contribution in [1.82, 2.24) is 0 Å². The van der Waals surface area contributed by atoms with Crippen LogP contribution in [0.15, 0.2) is 11.1 Å². The fourth-order valence-electron chi connectivity index (χ4n) is 6.66. The van der Waals surface area contributed by atoms with Gasteiger partial charge < -0.3 is 4.74 Å². The van der Waals surface area contributed by atoms with Gasteiger partial charge in [-0.25, -0.2) is 0 Å². The number of carbonyl (C=O) groups is 2. The monoisotopic (exact) mass is 272 g/mol. The Morgan fingerprint density at radius 1 is 1.05 bits per heavy atom. The van der Waals surface area contributed by atoms with Gasteiger partial charge in [-0.3, -0.25) is 9.59 Å². The summed E-state index contributed by atoms with van der Waals surface area (Å²) in [7, 11) is 0. The van der Waals surface area contributed by atoms with Crippen LogP contribution in [0.3, 0.4) is 0 Å². The zero-order valence-corrected chi connectivity index (χ0v) is 12.2. The molecule has 2 saturated carbocycles. The fourth-order valence-corrected chi connectivity index (χ4v) is 6.66. The fraction of sp³-hybridized carbons (Fsp3) is 0.765. The molecule has 0 aromatic heterocycles. The molecule has 4 bridgehead atoms. The first kappa shape index (κ1) is 11.5. The Hall–Kier alpha value is -1.12. The average molecular weight is 272 g/mol. The van der Waals surface area contributed by atoms with E-state index >= 15 is 0 Å². The van der Waals surface area contributed by atoms with Gasteiger partial charge in [0.25, 0.3) is 0 Å². The van der Waals surface area contributed by atoms with Gasteiger partial charge in [0.2, 0.25) is 0 Å². The molecule has 1 heterocycles. The topological polar surface area (TPSA) is 43.4 Å². The zero-order valence-electron chi connectivity index (χ0n) is 12.2. The minimum atomic E-state index is -0.247. The minimum Gasteiger partial charge on any atom is -0.393 e. The maximum Gasteiger partial charge on any atom is 0.318 e. The van der Waals surface area contributed by atoms with E-state index < -0.39 is 0 Å². The summed E-state index contributed by atoms with van der Waals surface area (Å²) >= 11 is 0. The number of allylic oxidation sites excluding steroid dienone is 2. The molecule has 0 radical (unpaired) electrons. The Morgan fingerprint density at radius 2 is 1.70 bits per heavy atom. The van der Waals surface area contributed by atoms with Crippen LogP contribution in [0, 0.1) is 40.4 Å². The predicted octanol–water partition coefficient (Wildman–Crippen LogP) is 2.70. The molecule has 106 valence electrons. The van der Waals surface area contributed by atoms with Crippen LogP contribution in [0.25, 0.3) is 0 Å². The molecule has 5 rings (SSSR count). The van der Waals surface area contributed by atoms with Crippen molar-refractivity contribution in [2.75, 3.05) is 0 Å². The summed E-state index contributed by atoms with van der Waals surface area (Å²) in [5, 5.41) is 0. The van der Waals surface area contributed by atoms with Gasteiger partial charge in [-0.1, -0.05) is 31.9 Å². The number of fused-ring (bicyclic) bond motifs is 11. The molecule has 1 saturated heterocycles. The van der Waals surface area contributed by atoms with Crippen LogP contribution < -0.4 is 0 Å². The van der Waals surface area contributed by atoms with E-state index in [1.165, 1.54) is 12.8 Å². The van der Waals surface area contributed by atoms with Crippen molar-refractivity contribution >= 4 is 11.9 Å². The van der Waals surface area contributed by atoms with E-state index in [1.807, 2.05) is 0 Å². The maximum atomic E-state index is 12.1. The van der Waals surface area contributed by atoms with Crippen LogP contribution in [0.4, 0.5) is 0 Å². The Bertz CT molecular complexity index is 614. The number of ether oxygens (including phenoxy) is 1. The van der Waals surface area contributed by atoms with Crippen LogP contribution >= 0.6 is 0 Å². The van der Waals surface area contributed by atoms with Gasteiger partial charge in [0.15, 0.2) is 0 Å². The van der Waals surface area contributed by atoms with Crippen molar-refractivity contribution in [2.45, 2.75) is 40.0 Å². The quantitative estimate of drug-likeness (QED) is 0.295. The van der Waals surface area contributed by atoms with Gasteiger partial charge in [-0.15, -0.1) is 0 Å². The van der Waals surface area contributed by atoms with Crippen LogP contribution in [0.5, 0.6) is 0 Å². The Labute approximate surface area is 118 Å². The second-order valence-electron chi connectivity index (χ2n) is 8.25. The van der Waals surface area contributed by atoms with Crippen molar-refractivity contribution in [3.63, 3.8) is 0 Å². The lowest BCUT2D eigenvalue weighted by atomic mass is 9.63. The third-order valence-electron chi connectivity index (χ3n) is 7.78. The molecule has 6 atom stereocenters. The predicted molar refractivity (Wildman–Crippen MR) is 71.3 cm³/mol. The molecule has 0 aromatic carbocycles. The van der Waals surface area contributed by atoms with Gasteiger partial charge in [-0.2, -0.15) is 0 Å². The van der Waals surface area contributed by atoms with E-state index in [1.54, 1.807) is 11.1 Å².